The van der Waals surface area contributed by atoms with Crippen LogP contribution < -0.4 is 71.7 Å². The number of rotatable bonds is 49. The van der Waals surface area contributed by atoms with E-state index in [-0.39, 0.29) is 97.4 Å². The smallest absolute Gasteiger partial charge is 0.323 e. The maximum Gasteiger partial charge on any atom is 0.323 e. The van der Waals surface area contributed by atoms with Crippen molar-refractivity contribution in [2.75, 3.05) is 102 Å². The topological polar surface area (TPSA) is 624 Å². The lowest BCUT2D eigenvalue weighted by Crippen LogP contribution is -2.51. The minimum atomic E-state index is -5.14. The quantitative estimate of drug-likeness (QED) is 0.0143. The number of anilines is 1. The Balaban J connectivity index is 0.836. The van der Waals surface area contributed by atoms with Crippen molar-refractivity contribution in [2.45, 2.75) is 154 Å². The number of aryl methyl sites for hydroxylation is 1. The summed E-state index contributed by atoms with van der Waals surface area (Å²) in [6.07, 6.45) is 11.0. The Morgan fingerprint density at radius 3 is 1.51 bits per heavy atom. The van der Waals surface area contributed by atoms with E-state index in [1.807, 2.05) is 14.3 Å². The van der Waals surface area contributed by atoms with Crippen LogP contribution in [-0.4, -0.2) is 247 Å². The highest BCUT2D eigenvalue weighted by atomic mass is 32.2. The first-order valence-electron chi connectivity index (χ1n) is 42.0. The molecule has 47 heteroatoms. The standard InChI is InChI=1S/C85H110N14O27S6/c1-54-23-32-62-64(48-60(129(113,114)115)50-70(62)131(119,120)121)75(54)84(3,4)55(2)18-10-7-12-20-72-85(5,6)76-65-49-61(130(116,117)118)51-71(132(122,123)124)63(65)33-34-69(76)99(72)43-15-9-14-22-74(101)96-66(79(104)87-42-47-128(111,112)98-68(81(107)108)53-95-78(103)57-26-30-59(31-27-57)126-45-40-93-83-90-37-17-38-91-83)19-11-8-13-21-73(100)86-41-46-127(109,110)97-67(80(105)106)52-94-77(102)56-24-28-58(29-25-56)125-44-39-92-82-88-35-16-36-89-82/h7,10,12,18,20,23-34,48-51,66-68,97-98H,2,8-9,11,13-17,19,21-22,35-47,52-53H2,1,3-6H3,(H,86,100)(H,87,104)(H,94,102)(H,95,103)(H,96,101)(H,105,106)(H,107,108)(H2,88,89,92)(H2,90,91,93)(H,113,114,115)(H,116,117,118)(H,119,120,121)(H,122,123,124)/b12-7+,18-10+,72-20+/t66?,67-,68-/m0/s1. The number of guanidine groups is 2. The molecule has 0 radical (unpaired) electrons. The van der Waals surface area contributed by atoms with Gasteiger partial charge in [-0.25, -0.2) is 16.8 Å². The fourth-order valence-electron chi connectivity index (χ4n) is 15.0. The van der Waals surface area contributed by atoms with Gasteiger partial charge in [-0.05, 0) is 163 Å². The molecule has 3 aliphatic heterocycles. The van der Waals surface area contributed by atoms with Crippen molar-refractivity contribution >= 4 is 141 Å². The molecule has 3 aliphatic rings. The number of hydrogen-bond acceptors (Lipinski definition) is 28. The third-order valence-corrected chi connectivity index (χ3v) is 28.0. The van der Waals surface area contributed by atoms with E-state index >= 15 is 0 Å². The normalized spacial score (nSPS) is 15.4. The first kappa shape index (κ1) is 104. The van der Waals surface area contributed by atoms with E-state index in [9.17, 15) is 112 Å². The second-order valence-electron chi connectivity index (χ2n) is 32.2. The molecule has 0 saturated heterocycles. The van der Waals surface area contributed by atoms with Gasteiger partial charge in [-0.15, -0.1) is 0 Å². The zero-order valence-electron chi connectivity index (χ0n) is 73.0. The van der Waals surface area contributed by atoms with Crippen molar-refractivity contribution in [3.63, 3.8) is 0 Å². The van der Waals surface area contributed by atoms with Crippen LogP contribution >= 0.6 is 0 Å². The predicted octanol–water partition coefficient (Wildman–Crippen LogP) is 4.38. The number of hydrogen-bond donors (Lipinski definition) is 17. The number of carbonyl (C=O) groups is 7. The van der Waals surface area contributed by atoms with Crippen molar-refractivity contribution < 1.29 is 122 Å². The van der Waals surface area contributed by atoms with E-state index in [4.69, 9.17) is 9.47 Å². The van der Waals surface area contributed by atoms with Gasteiger partial charge in [0.05, 0.1) is 34.4 Å². The Hall–Kier alpha value is -11.5. The Morgan fingerprint density at radius 1 is 0.545 bits per heavy atom. The van der Waals surface area contributed by atoms with Crippen LogP contribution in [-0.2, 0) is 95.3 Å². The molecule has 6 aromatic rings. The average molecular weight is 1950 g/mol. The molecule has 41 nitrogen and oxygen atoms in total. The van der Waals surface area contributed by atoms with Crippen molar-refractivity contribution in [1.29, 1.82) is 0 Å². The van der Waals surface area contributed by atoms with Gasteiger partial charge in [-0.1, -0.05) is 96.0 Å². The summed E-state index contributed by atoms with van der Waals surface area (Å²) in [5.74, 6) is -6.23. The summed E-state index contributed by atoms with van der Waals surface area (Å²) in [5, 5.41) is 44.8. The van der Waals surface area contributed by atoms with Crippen molar-refractivity contribution in [3.8, 4) is 11.5 Å². The number of ether oxygens (including phenoxy) is 2. The molecule has 132 heavy (non-hydrogen) atoms. The van der Waals surface area contributed by atoms with Crippen LogP contribution in [0.3, 0.4) is 0 Å². The highest BCUT2D eigenvalue weighted by molar-refractivity contribution is 7.90. The number of allylic oxidation sites excluding steroid dienone is 7. The van der Waals surface area contributed by atoms with Gasteiger partial charge in [0.1, 0.15) is 52.6 Å². The first-order chi connectivity index (χ1) is 62.0. The number of carboxylic acids is 2. The molecule has 6 aromatic carbocycles. The fraction of sp³-hybridized carbons (Fsp3) is 0.424. The molecule has 3 atom stereocenters. The number of benzene rings is 6. The summed E-state index contributed by atoms with van der Waals surface area (Å²) in [6, 6.07) is 16.2. The Kier molecular flexibility index (Phi) is 36.1. The molecule has 9 rings (SSSR count). The van der Waals surface area contributed by atoms with Crippen molar-refractivity contribution in [1.82, 2.24) is 57.3 Å². The van der Waals surface area contributed by atoms with Gasteiger partial charge in [0.15, 0.2) is 11.9 Å². The monoisotopic (exact) mass is 1950 g/mol. The van der Waals surface area contributed by atoms with Gasteiger partial charge >= 0.3 is 11.9 Å². The van der Waals surface area contributed by atoms with Gasteiger partial charge in [-0.3, -0.25) is 61.8 Å². The number of aliphatic imine (C=N–C) groups is 2. The molecular formula is C85H110N14O27S6. The minimum absolute atomic E-state index is 0.0346. The van der Waals surface area contributed by atoms with Crippen LogP contribution in [0.2, 0.25) is 0 Å². The maximum absolute atomic E-state index is 14.1. The lowest BCUT2D eigenvalue weighted by Gasteiger charge is -2.30. The number of nitrogens with one attached hydrogen (secondary N) is 11. The largest absolute Gasteiger partial charge is 0.492 e. The third kappa shape index (κ3) is 29.7. The lowest BCUT2D eigenvalue weighted by atomic mass is 9.74. The molecule has 17 N–H and O–H groups in total. The Labute approximate surface area is 765 Å². The zero-order chi connectivity index (χ0) is 96.7. The molecule has 0 spiro atoms. The van der Waals surface area contributed by atoms with E-state index in [0.29, 0.717) is 108 Å². The summed E-state index contributed by atoms with van der Waals surface area (Å²) in [6.45, 7) is 15.1. The van der Waals surface area contributed by atoms with Crippen molar-refractivity contribution in [3.05, 3.63) is 173 Å². The average Bonchev–Trinajstić information content (AvgIpc) is 1.50. The number of unbranched alkanes of at least 4 members (excludes halogenated alkanes) is 4. The molecule has 0 aliphatic carbocycles. The van der Waals surface area contributed by atoms with Gasteiger partial charge in [0.25, 0.3) is 52.3 Å². The molecule has 0 saturated carbocycles. The maximum atomic E-state index is 14.1. The second-order valence-corrected chi connectivity index (χ2v) is 41.6. The van der Waals surface area contributed by atoms with Crippen LogP contribution in [0.1, 0.15) is 136 Å². The SMILES string of the molecule is C=C(/C=C/C=C/C=C1/N(CCCCCC(=O)NC(CCCCCC(=O)NCCS(=O)(=O)N[C@@H](CNC(=O)c2ccc(OCCNC3=NCCCN3)cc2)C(=O)O)C(=O)NCCS(=O)(=O)N[C@@H](CNC(=O)c2ccc(OCCNC3=NCCCN3)cc2)C(=O)O)c2ccc3c(S(=O)(=O)O)cc(S(=O)(=O)O)cc3c2C1(C)C)C(C)(C)c1c(C)ccc2c(S(=O)(=O)O)cc(S(=O)(=O)O)cc12. The number of aliphatic carboxylic acids is 2. The number of carbonyl (C=O) groups excluding carboxylic acids is 5. The summed E-state index contributed by atoms with van der Waals surface area (Å²) in [7, 11) is -29.2. The number of amides is 5. The van der Waals surface area contributed by atoms with E-state index in [0.717, 1.165) is 38.1 Å². The molecule has 0 fully saturated rings. The van der Waals surface area contributed by atoms with E-state index < -0.39 is 188 Å². The molecule has 1 unspecified atom stereocenters. The van der Waals surface area contributed by atoms with E-state index in [1.54, 1.807) is 77.1 Å². The Morgan fingerprint density at radius 2 is 1.02 bits per heavy atom. The van der Waals surface area contributed by atoms with E-state index in [2.05, 4.69) is 64.4 Å². The first-order valence-corrected chi connectivity index (χ1v) is 51.1. The van der Waals surface area contributed by atoms with Gasteiger partial charge in [-0.2, -0.15) is 43.1 Å². The molecular weight excluding hydrogens is 1840 g/mol. The van der Waals surface area contributed by atoms with Gasteiger partial charge in [0.2, 0.25) is 37.8 Å². The number of sulfonamides is 2. The predicted molar refractivity (Wildman–Crippen MR) is 491 cm³/mol. The molecule has 0 bridgehead atoms. The van der Waals surface area contributed by atoms with E-state index in [1.165, 1.54) is 60.7 Å². The Bertz CT molecular complexity index is 6210. The number of carboxylic acid groups (broad SMARTS) is 2. The summed E-state index contributed by atoms with van der Waals surface area (Å²) < 4.78 is 211. The lowest BCUT2D eigenvalue weighted by molar-refractivity contribution is -0.139. The number of nitrogens with zero attached hydrogens (tertiary/aromatic N) is 3. The fourth-order valence-corrected chi connectivity index (χ4v) is 19.9. The van der Waals surface area contributed by atoms with Gasteiger partial charge < -0.3 is 72.4 Å². The molecule has 718 valence electrons. The third-order valence-electron chi connectivity index (χ3n) is 21.8. The molecule has 0 aromatic heterocycles. The summed E-state index contributed by atoms with van der Waals surface area (Å²) >= 11 is 0. The van der Waals surface area contributed by atoms with Crippen LogP contribution in [0.15, 0.2) is 175 Å². The summed E-state index contributed by atoms with van der Waals surface area (Å²) in [4.78, 5) is 99.0. The second kappa shape index (κ2) is 45.8. The zero-order valence-corrected chi connectivity index (χ0v) is 77.9. The molecule has 5 amide bonds. The van der Waals surface area contributed by atoms with Crippen LogP contribution in [0.4, 0.5) is 5.69 Å². The van der Waals surface area contributed by atoms with Crippen LogP contribution in [0.25, 0.3) is 21.5 Å². The summed E-state index contributed by atoms with van der Waals surface area (Å²) in [5.41, 5.74) is 0.734. The highest BCUT2D eigenvalue weighted by Gasteiger charge is 2.43. The van der Waals surface area contributed by atoms with Crippen molar-refractivity contribution in [2.24, 2.45) is 9.98 Å². The van der Waals surface area contributed by atoms with Gasteiger partial charge in [0, 0.05) is 116 Å². The minimum Gasteiger partial charge on any atom is -0.492 e. The van der Waals surface area contributed by atoms with Crippen LogP contribution in [0.5, 0.6) is 11.5 Å². The van der Waals surface area contributed by atoms with Crippen LogP contribution in [0, 0.1) is 6.92 Å². The number of fused-ring (bicyclic) bond motifs is 4. The highest BCUT2D eigenvalue weighted by Crippen LogP contribution is 2.52. The molecule has 3 heterocycles.